The number of aliphatic carboxylic acids is 1. The highest BCUT2D eigenvalue weighted by Crippen LogP contribution is 2.09. The van der Waals surface area contributed by atoms with Gasteiger partial charge in [0.15, 0.2) is 0 Å². The Kier molecular flexibility index (Phi) is 5.20. The third kappa shape index (κ3) is 4.68. The van der Waals surface area contributed by atoms with Crippen LogP contribution in [0.15, 0.2) is 24.3 Å². The molecule has 0 aliphatic rings. The minimum Gasteiger partial charge on any atom is -0.481 e. The third-order valence-electron chi connectivity index (χ3n) is 2.32. The lowest BCUT2D eigenvalue weighted by molar-refractivity contribution is -0.137. The molecular weight excluding hydrogens is 220 g/mol. The second-order valence-corrected chi connectivity index (χ2v) is 3.66. The van der Waals surface area contributed by atoms with Gasteiger partial charge in [0.2, 0.25) is 0 Å². The van der Waals surface area contributed by atoms with Gasteiger partial charge in [-0.05, 0) is 37.5 Å². The van der Waals surface area contributed by atoms with Crippen molar-refractivity contribution in [3.8, 4) is 0 Å². The summed E-state index contributed by atoms with van der Waals surface area (Å²) in [5, 5.41) is 8.51. The Hall–Kier alpha value is -1.84. The van der Waals surface area contributed by atoms with Gasteiger partial charge in [-0.1, -0.05) is 12.1 Å². The van der Waals surface area contributed by atoms with Crippen molar-refractivity contribution in [1.82, 2.24) is 0 Å². The lowest BCUT2D eigenvalue weighted by atomic mass is 10.1. The molecule has 0 bridgehead atoms. The number of carbonyl (C=O) groups excluding carboxylic acids is 1. The van der Waals surface area contributed by atoms with Crippen molar-refractivity contribution < 1.29 is 19.4 Å². The van der Waals surface area contributed by atoms with Crippen LogP contribution < -0.4 is 0 Å². The average molecular weight is 236 g/mol. The predicted octanol–water partition coefficient (Wildman–Crippen LogP) is 2.27. The summed E-state index contributed by atoms with van der Waals surface area (Å²) in [5.74, 6) is -1.11. The normalized spacial score (nSPS) is 9.94. The molecule has 92 valence electrons. The van der Waals surface area contributed by atoms with E-state index in [1.165, 1.54) is 0 Å². The molecule has 0 aliphatic heterocycles. The number of aryl methyl sites for hydroxylation is 1. The van der Waals surface area contributed by atoms with Gasteiger partial charge in [-0.3, -0.25) is 4.79 Å². The number of benzene rings is 1. The number of esters is 1. The van der Waals surface area contributed by atoms with Crippen LogP contribution in [0.3, 0.4) is 0 Å². The van der Waals surface area contributed by atoms with E-state index in [1.54, 1.807) is 19.1 Å². The third-order valence-corrected chi connectivity index (χ3v) is 2.32. The van der Waals surface area contributed by atoms with Crippen LogP contribution in [0.25, 0.3) is 0 Å². The first-order chi connectivity index (χ1) is 8.13. The van der Waals surface area contributed by atoms with Crippen molar-refractivity contribution in [1.29, 1.82) is 0 Å². The summed E-state index contributed by atoms with van der Waals surface area (Å²) in [5.41, 5.74) is 1.55. The first-order valence-corrected chi connectivity index (χ1v) is 5.61. The van der Waals surface area contributed by atoms with Crippen LogP contribution in [0.2, 0.25) is 0 Å². The SMILES string of the molecule is CCOC(=O)c1ccc(CCCC(=O)O)cc1. The molecule has 1 rings (SSSR count). The summed E-state index contributed by atoms with van der Waals surface area (Å²) < 4.78 is 4.86. The molecule has 0 radical (unpaired) electrons. The van der Waals surface area contributed by atoms with E-state index in [4.69, 9.17) is 9.84 Å². The van der Waals surface area contributed by atoms with E-state index in [2.05, 4.69) is 0 Å². The second-order valence-electron chi connectivity index (χ2n) is 3.66. The number of rotatable bonds is 6. The number of carbonyl (C=O) groups is 2. The Morgan fingerprint density at radius 3 is 2.41 bits per heavy atom. The summed E-state index contributed by atoms with van der Waals surface area (Å²) in [6.07, 6.45) is 1.48. The molecule has 0 unspecified atom stereocenters. The lowest BCUT2D eigenvalue weighted by Gasteiger charge is -2.03. The number of hydrogen-bond donors (Lipinski definition) is 1. The largest absolute Gasteiger partial charge is 0.481 e. The van der Waals surface area contributed by atoms with Crippen LogP contribution in [0.1, 0.15) is 35.7 Å². The van der Waals surface area contributed by atoms with Crippen LogP contribution in [0, 0.1) is 0 Å². The van der Waals surface area contributed by atoms with Crippen molar-refractivity contribution in [3.05, 3.63) is 35.4 Å². The van der Waals surface area contributed by atoms with Gasteiger partial charge in [-0.15, -0.1) is 0 Å². The van der Waals surface area contributed by atoms with E-state index in [1.807, 2.05) is 12.1 Å². The lowest BCUT2D eigenvalue weighted by Crippen LogP contribution is -2.04. The molecule has 0 fully saturated rings. The second kappa shape index (κ2) is 6.68. The minimum atomic E-state index is -0.784. The number of carboxylic acids is 1. The molecule has 0 saturated heterocycles. The highest BCUT2D eigenvalue weighted by atomic mass is 16.5. The summed E-state index contributed by atoms with van der Waals surface area (Å²) in [7, 11) is 0. The van der Waals surface area contributed by atoms with Gasteiger partial charge in [0.1, 0.15) is 0 Å². The summed E-state index contributed by atoms with van der Waals surface area (Å²) in [4.78, 5) is 21.7. The van der Waals surface area contributed by atoms with Crippen molar-refractivity contribution in [3.63, 3.8) is 0 Å². The van der Waals surface area contributed by atoms with Gasteiger partial charge in [0.05, 0.1) is 12.2 Å². The molecule has 0 aromatic heterocycles. The van der Waals surface area contributed by atoms with E-state index in [-0.39, 0.29) is 12.4 Å². The van der Waals surface area contributed by atoms with Crippen molar-refractivity contribution in [2.24, 2.45) is 0 Å². The molecule has 0 aliphatic carbocycles. The molecule has 0 atom stereocenters. The maximum Gasteiger partial charge on any atom is 0.338 e. The highest BCUT2D eigenvalue weighted by molar-refractivity contribution is 5.89. The van der Waals surface area contributed by atoms with Gasteiger partial charge in [0, 0.05) is 6.42 Å². The van der Waals surface area contributed by atoms with Crippen LogP contribution in [0.5, 0.6) is 0 Å². The fourth-order valence-electron chi connectivity index (χ4n) is 1.47. The zero-order valence-electron chi connectivity index (χ0n) is 9.81. The number of ether oxygens (including phenoxy) is 1. The molecule has 4 nitrogen and oxygen atoms in total. The Morgan fingerprint density at radius 1 is 1.24 bits per heavy atom. The number of hydrogen-bond acceptors (Lipinski definition) is 3. The smallest absolute Gasteiger partial charge is 0.338 e. The van der Waals surface area contributed by atoms with Crippen LogP contribution in [0.4, 0.5) is 0 Å². The summed E-state index contributed by atoms with van der Waals surface area (Å²) in [6.45, 7) is 2.12. The highest BCUT2D eigenvalue weighted by Gasteiger charge is 2.05. The average Bonchev–Trinajstić information content (AvgIpc) is 2.30. The first-order valence-electron chi connectivity index (χ1n) is 5.61. The van der Waals surface area contributed by atoms with E-state index >= 15 is 0 Å². The van der Waals surface area contributed by atoms with Crippen LogP contribution in [-0.2, 0) is 16.0 Å². The van der Waals surface area contributed by atoms with Crippen molar-refractivity contribution >= 4 is 11.9 Å². The van der Waals surface area contributed by atoms with E-state index in [9.17, 15) is 9.59 Å². The van der Waals surface area contributed by atoms with E-state index in [0.29, 0.717) is 25.0 Å². The van der Waals surface area contributed by atoms with Gasteiger partial charge in [0.25, 0.3) is 0 Å². The standard InChI is InChI=1S/C13H16O4/c1-2-17-13(16)11-8-6-10(7-9-11)4-3-5-12(14)15/h6-9H,2-5H2,1H3,(H,14,15). The maximum absolute atomic E-state index is 11.4. The Balaban J connectivity index is 2.50. The van der Waals surface area contributed by atoms with Gasteiger partial charge in [-0.2, -0.15) is 0 Å². The zero-order valence-corrected chi connectivity index (χ0v) is 9.81. The predicted molar refractivity (Wildman–Crippen MR) is 63.0 cm³/mol. The monoisotopic (exact) mass is 236 g/mol. The molecule has 0 heterocycles. The molecule has 0 saturated carbocycles. The first kappa shape index (κ1) is 13.2. The summed E-state index contributed by atoms with van der Waals surface area (Å²) >= 11 is 0. The Morgan fingerprint density at radius 2 is 1.88 bits per heavy atom. The van der Waals surface area contributed by atoms with Gasteiger partial charge >= 0.3 is 11.9 Å². The Bertz CT molecular complexity index is 381. The van der Waals surface area contributed by atoms with Gasteiger partial charge < -0.3 is 9.84 Å². The summed E-state index contributed by atoms with van der Waals surface area (Å²) in [6, 6.07) is 7.06. The quantitative estimate of drug-likeness (QED) is 0.769. The van der Waals surface area contributed by atoms with Crippen molar-refractivity contribution in [2.75, 3.05) is 6.61 Å². The minimum absolute atomic E-state index is 0.166. The topological polar surface area (TPSA) is 63.6 Å². The number of carboxylic acid groups (broad SMARTS) is 1. The fraction of sp³-hybridized carbons (Fsp3) is 0.385. The van der Waals surface area contributed by atoms with Crippen molar-refractivity contribution in [2.45, 2.75) is 26.2 Å². The molecule has 17 heavy (non-hydrogen) atoms. The molecular formula is C13H16O4. The van der Waals surface area contributed by atoms with Gasteiger partial charge in [-0.25, -0.2) is 4.79 Å². The fourth-order valence-corrected chi connectivity index (χ4v) is 1.47. The zero-order chi connectivity index (χ0) is 12.7. The molecule has 1 aromatic rings. The van der Waals surface area contributed by atoms with E-state index < -0.39 is 5.97 Å². The van der Waals surface area contributed by atoms with Crippen LogP contribution in [-0.4, -0.2) is 23.7 Å². The molecule has 0 spiro atoms. The molecule has 1 aromatic carbocycles. The van der Waals surface area contributed by atoms with E-state index in [0.717, 1.165) is 5.56 Å². The Labute approximate surface area is 100 Å². The molecule has 1 N–H and O–H groups in total. The van der Waals surface area contributed by atoms with Crippen LogP contribution >= 0.6 is 0 Å². The maximum atomic E-state index is 11.4. The molecule has 4 heteroatoms. The molecule has 0 amide bonds.